The highest BCUT2D eigenvalue weighted by molar-refractivity contribution is 9.10. The van der Waals surface area contributed by atoms with Gasteiger partial charge in [0.25, 0.3) is 0 Å². The Morgan fingerprint density at radius 3 is 2.26 bits per heavy atom. The fraction of sp³-hybridized carbons (Fsp3) is 0.250. The van der Waals surface area contributed by atoms with Crippen LogP contribution in [0.5, 0.6) is 0 Å². The average molecular weight is 383 g/mol. The molecule has 0 spiro atoms. The third-order valence-corrected chi connectivity index (χ3v) is 4.05. The summed E-state index contributed by atoms with van der Waals surface area (Å²) in [6.07, 6.45) is 1.05. The number of rotatable bonds is 4. The Balaban J connectivity index is 2.21. The van der Waals surface area contributed by atoms with Crippen molar-refractivity contribution in [3.05, 3.63) is 62.5 Å². The molecular weight excluding hydrogens is 366 g/mol. The second-order valence-electron chi connectivity index (χ2n) is 4.67. The van der Waals surface area contributed by atoms with Gasteiger partial charge in [0.1, 0.15) is 0 Å². The maximum atomic E-state index is 3.60. The molecule has 0 aliphatic heterocycles. The molecule has 1 nitrogen and oxygen atoms in total. The predicted molar refractivity (Wildman–Crippen MR) is 89.7 cm³/mol. The van der Waals surface area contributed by atoms with Crippen LogP contribution < -0.4 is 5.32 Å². The zero-order chi connectivity index (χ0) is 13.8. The van der Waals surface area contributed by atoms with E-state index in [2.05, 4.69) is 93.5 Å². The van der Waals surface area contributed by atoms with E-state index in [9.17, 15) is 0 Å². The molecule has 0 aliphatic rings. The van der Waals surface area contributed by atoms with Gasteiger partial charge in [-0.15, -0.1) is 0 Å². The van der Waals surface area contributed by atoms with Crippen molar-refractivity contribution in [1.82, 2.24) is 0 Å². The lowest BCUT2D eigenvalue weighted by Crippen LogP contribution is -2.09. The minimum Gasteiger partial charge on any atom is -0.378 e. The molecule has 0 heterocycles. The summed E-state index contributed by atoms with van der Waals surface area (Å²) in [5, 5.41) is 3.60. The summed E-state index contributed by atoms with van der Waals surface area (Å²) in [7, 11) is 0. The number of nitrogens with one attached hydrogen (secondary N) is 1. The smallest absolute Gasteiger partial charge is 0.0511 e. The fourth-order valence-corrected chi connectivity index (χ4v) is 3.01. The third-order valence-electron chi connectivity index (χ3n) is 3.06. The first-order chi connectivity index (χ1) is 9.08. The summed E-state index contributed by atoms with van der Waals surface area (Å²) in [5.41, 5.74) is 3.72. The van der Waals surface area contributed by atoms with Gasteiger partial charge in [-0.25, -0.2) is 0 Å². The Kier molecular flexibility index (Phi) is 5.06. The second-order valence-corrected chi connectivity index (χ2v) is 6.51. The van der Waals surface area contributed by atoms with Gasteiger partial charge in [0.15, 0.2) is 0 Å². The predicted octanol–water partition coefficient (Wildman–Crippen LogP) is 6.08. The molecule has 3 heteroatoms. The lowest BCUT2D eigenvalue weighted by molar-refractivity contribution is 0.749. The van der Waals surface area contributed by atoms with Crippen molar-refractivity contribution >= 4 is 37.5 Å². The van der Waals surface area contributed by atoms with Crippen LogP contribution in [0.15, 0.2) is 51.4 Å². The maximum Gasteiger partial charge on any atom is 0.0511 e. The molecule has 1 N–H and O–H groups in total. The third kappa shape index (κ3) is 4.08. The van der Waals surface area contributed by atoms with Gasteiger partial charge < -0.3 is 5.32 Å². The summed E-state index contributed by atoms with van der Waals surface area (Å²) >= 11 is 7.02. The van der Waals surface area contributed by atoms with Crippen LogP contribution in [0.3, 0.4) is 0 Å². The number of benzene rings is 2. The van der Waals surface area contributed by atoms with Crippen LogP contribution in [0.4, 0.5) is 5.69 Å². The molecular formula is C16H17Br2N. The molecule has 0 saturated heterocycles. The summed E-state index contributed by atoms with van der Waals surface area (Å²) in [6.45, 7) is 4.31. The van der Waals surface area contributed by atoms with Gasteiger partial charge in [-0.2, -0.15) is 0 Å². The standard InChI is InChI=1S/C16H17Br2N/c1-3-16(12-4-6-13(17)7-5-12)19-15-9-11(2)8-14(18)10-15/h4-10,16,19H,3H2,1-2H3. The molecule has 2 aromatic rings. The Morgan fingerprint density at radius 2 is 1.68 bits per heavy atom. The SMILES string of the molecule is CCC(Nc1cc(C)cc(Br)c1)c1ccc(Br)cc1. The van der Waals surface area contributed by atoms with Crippen molar-refractivity contribution in [3.63, 3.8) is 0 Å². The molecule has 1 atom stereocenters. The van der Waals surface area contributed by atoms with Crippen LogP contribution in [0.1, 0.15) is 30.5 Å². The number of hydrogen-bond acceptors (Lipinski definition) is 1. The van der Waals surface area contributed by atoms with Crippen LogP contribution in [0.2, 0.25) is 0 Å². The topological polar surface area (TPSA) is 12.0 Å². The Bertz CT molecular complexity index is 529. The molecule has 100 valence electrons. The minimum absolute atomic E-state index is 0.335. The number of anilines is 1. The number of aryl methyl sites for hydroxylation is 1. The van der Waals surface area contributed by atoms with Crippen molar-refractivity contribution in [3.8, 4) is 0 Å². The highest BCUT2D eigenvalue weighted by atomic mass is 79.9. The van der Waals surface area contributed by atoms with Gasteiger partial charge in [0, 0.05) is 14.6 Å². The number of hydrogen-bond donors (Lipinski definition) is 1. The molecule has 0 amide bonds. The zero-order valence-corrected chi connectivity index (χ0v) is 14.3. The Labute approximate surface area is 131 Å². The van der Waals surface area contributed by atoms with E-state index in [-0.39, 0.29) is 0 Å². The molecule has 0 bridgehead atoms. The average Bonchev–Trinajstić information content (AvgIpc) is 2.36. The van der Waals surface area contributed by atoms with Gasteiger partial charge in [0.2, 0.25) is 0 Å². The summed E-state index contributed by atoms with van der Waals surface area (Å²) in [4.78, 5) is 0. The first-order valence-corrected chi connectivity index (χ1v) is 7.96. The van der Waals surface area contributed by atoms with Crippen LogP contribution in [-0.2, 0) is 0 Å². The van der Waals surface area contributed by atoms with Gasteiger partial charge in [-0.3, -0.25) is 0 Å². The highest BCUT2D eigenvalue weighted by Crippen LogP contribution is 2.26. The first kappa shape index (κ1) is 14.6. The molecule has 2 rings (SSSR count). The molecule has 2 aromatic carbocycles. The van der Waals surface area contributed by atoms with Crippen LogP contribution >= 0.6 is 31.9 Å². The minimum atomic E-state index is 0.335. The van der Waals surface area contributed by atoms with E-state index in [0.29, 0.717) is 6.04 Å². The molecule has 1 unspecified atom stereocenters. The monoisotopic (exact) mass is 381 g/mol. The Hall–Kier alpha value is -0.800. The summed E-state index contributed by atoms with van der Waals surface area (Å²) < 4.78 is 2.23. The quantitative estimate of drug-likeness (QED) is 0.675. The van der Waals surface area contributed by atoms with Crippen molar-refractivity contribution in [2.24, 2.45) is 0 Å². The molecule has 19 heavy (non-hydrogen) atoms. The van der Waals surface area contributed by atoms with Gasteiger partial charge in [-0.1, -0.05) is 50.9 Å². The first-order valence-electron chi connectivity index (χ1n) is 6.37. The van der Waals surface area contributed by atoms with Gasteiger partial charge in [-0.05, 0) is 54.8 Å². The largest absolute Gasteiger partial charge is 0.378 e. The van der Waals surface area contributed by atoms with E-state index in [1.165, 1.54) is 11.1 Å². The summed E-state index contributed by atoms with van der Waals surface area (Å²) in [6, 6.07) is 15.2. The zero-order valence-electron chi connectivity index (χ0n) is 11.1. The fourth-order valence-electron chi connectivity index (χ4n) is 2.14. The maximum absolute atomic E-state index is 3.60. The van der Waals surface area contributed by atoms with Crippen molar-refractivity contribution in [1.29, 1.82) is 0 Å². The van der Waals surface area contributed by atoms with Gasteiger partial charge >= 0.3 is 0 Å². The Morgan fingerprint density at radius 1 is 1.00 bits per heavy atom. The van der Waals surface area contributed by atoms with E-state index < -0.39 is 0 Å². The molecule has 0 aromatic heterocycles. The molecule has 0 fully saturated rings. The number of halogens is 2. The van der Waals surface area contributed by atoms with Crippen molar-refractivity contribution in [2.45, 2.75) is 26.3 Å². The van der Waals surface area contributed by atoms with Crippen LogP contribution in [0.25, 0.3) is 0 Å². The van der Waals surface area contributed by atoms with E-state index in [1.807, 2.05) is 0 Å². The lowest BCUT2D eigenvalue weighted by atomic mass is 10.0. The highest BCUT2D eigenvalue weighted by Gasteiger charge is 2.09. The van der Waals surface area contributed by atoms with E-state index in [1.54, 1.807) is 0 Å². The van der Waals surface area contributed by atoms with E-state index >= 15 is 0 Å². The van der Waals surface area contributed by atoms with Crippen LogP contribution in [-0.4, -0.2) is 0 Å². The normalized spacial score (nSPS) is 12.2. The van der Waals surface area contributed by atoms with E-state index in [0.717, 1.165) is 21.1 Å². The summed E-state index contributed by atoms with van der Waals surface area (Å²) in [5.74, 6) is 0. The molecule has 0 saturated carbocycles. The van der Waals surface area contributed by atoms with Crippen LogP contribution in [0, 0.1) is 6.92 Å². The van der Waals surface area contributed by atoms with Gasteiger partial charge in [0.05, 0.1) is 6.04 Å². The molecule has 0 aliphatic carbocycles. The van der Waals surface area contributed by atoms with E-state index in [4.69, 9.17) is 0 Å². The van der Waals surface area contributed by atoms with Crippen molar-refractivity contribution in [2.75, 3.05) is 5.32 Å². The van der Waals surface area contributed by atoms with Crippen molar-refractivity contribution < 1.29 is 0 Å². The lowest BCUT2D eigenvalue weighted by Gasteiger charge is -2.19. The second kappa shape index (κ2) is 6.58. The molecule has 0 radical (unpaired) electrons.